The molecule has 2 heterocycles. The minimum absolute atomic E-state index is 0.0345. The highest BCUT2D eigenvalue weighted by Gasteiger charge is 2.36. The van der Waals surface area contributed by atoms with E-state index in [9.17, 15) is 9.90 Å². The molecule has 2 atom stereocenters. The second kappa shape index (κ2) is 5.84. The summed E-state index contributed by atoms with van der Waals surface area (Å²) in [6.45, 7) is 8.22. The van der Waals surface area contributed by atoms with Gasteiger partial charge in [0.1, 0.15) is 0 Å². The first-order chi connectivity index (χ1) is 9.29. The van der Waals surface area contributed by atoms with Gasteiger partial charge >= 0.3 is 5.97 Å². The summed E-state index contributed by atoms with van der Waals surface area (Å²) in [4.78, 5) is 15.9. The van der Waals surface area contributed by atoms with Crippen LogP contribution in [0.4, 0.5) is 0 Å². The van der Waals surface area contributed by atoms with Crippen molar-refractivity contribution in [2.75, 3.05) is 20.3 Å². The highest BCUT2D eigenvalue weighted by Crippen LogP contribution is 2.30. The van der Waals surface area contributed by atoms with Crippen LogP contribution < -0.4 is 0 Å². The number of nitrogens with zero attached hydrogens (tertiary/aromatic N) is 1. The lowest BCUT2D eigenvalue weighted by atomic mass is 9.95. The standard InChI is InChI=1S/C15H23NO3S/c1-15(2,3)13-6-5-10(20-13)7-16(4)12-9-19-8-11(12)14(17)18/h5-6,11-12H,7-9H2,1-4H3,(H,17,18). The molecule has 112 valence electrons. The molecule has 5 heteroatoms. The first kappa shape index (κ1) is 15.5. The maximum absolute atomic E-state index is 11.2. The summed E-state index contributed by atoms with van der Waals surface area (Å²) in [5.74, 6) is -1.18. The van der Waals surface area contributed by atoms with Gasteiger partial charge in [0.05, 0.1) is 19.1 Å². The molecule has 0 aliphatic carbocycles. The average molecular weight is 297 g/mol. The predicted octanol–water partition coefficient (Wildman–Crippen LogP) is 2.58. The Morgan fingerprint density at radius 2 is 2.15 bits per heavy atom. The molecule has 1 aromatic rings. The molecule has 0 saturated carbocycles. The third kappa shape index (κ3) is 3.40. The summed E-state index contributed by atoms with van der Waals surface area (Å²) in [6, 6.07) is 4.29. The molecule has 0 amide bonds. The van der Waals surface area contributed by atoms with E-state index < -0.39 is 11.9 Å². The van der Waals surface area contributed by atoms with E-state index in [0.29, 0.717) is 13.2 Å². The largest absolute Gasteiger partial charge is 0.481 e. The number of aliphatic carboxylic acids is 1. The lowest BCUT2D eigenvalue weighted by Crippen LogP contribution is -2.40. The van der Waals surface area contributed by atoms with Crippen molar-refractivity contribution in [3.63, 3.8) is 0 Å². The molecule has 0 aromatic carbocycles. The number of likely N-dealkylation sites (N-methyl/N-ethyl adjacent to an activating group) is 1. The summed E-state index contributed by atoms with van der Waals surface area (Å²) < 4.78 is 5.33. The summed E-state index contributed by atoms with van der Waals surface area (Å²) in [5, 5.41) is 9.21. The fourth-order valence-corrected chi connectivity index (χ4v) is 3.57. The van der Waals surface area contributed by atoms with E-state index in [1.54, 1.807) is 11.3 Å². The number of ether oxygens (including phenoxy) is 1. The van der Waals surface area contributed by atoms with Crippen LogP contribution in [0.2, 0.25) is 0 Å². The number of rotatable bonds is 4. The van der Waals surface area contributed by atoms with Crippen LogP contribution in [0.1, 0.15) is 30.5 Å². The fourth-order valence-electron chi connectivity index (χ4n) is 2.44. The summed E-state index contributed by atoms with van der Waals surface area (Å²) in [6.07, 6.45) is 0. The molecule has 20 heavy (non-hydrogen) atoms. The number of thiophene rings is 1. The van der Waals surface area contributed by atoms with E-state index in [0.717, 1.165) is 6.54 Å². The zero-order valence-electron chi connectivity index (χ0n) is 12.5. The molecular weight excluding hydrogens is 274 g/mol. The molecule has 0 bridgehead atoms. The molecule has 1 aliphatic heterocycles. The van der Waals surface area contributed by atoms with Crippen LogP contribution in [0.15, 0.2) is 12.1 Å². The number of carboxylic acids is 1. The number of hydrogen-bond acceptors (Lipinski definition) is 4. The van der Waals surface area contributed by atoms with Crippen molar-refractivity contribution in [2.45, 2.75) is 38.8 Å². The van der Waals surface area contributed by atoms with E-state index in [1.807, 2.05) is 7.05 Å². The molecule has 1 N–H and O–H groups in total. The normalized spacial score (nSPS) is 23.4. The minimum atomic E-state index is -0.763. The molecule has 0 spiro atoms. The van der Waals surface area contributed by atoms with E-state index in [1.165, 1.54) is 9.75 Å². The van der Waals surface area contributed by atoms with Crippen LogP contribution in [-0.2, 0) is 21.5 Å². The van der Waals surface area contributed by atoms with Crippen molar-refractivity contribution < 1.29 is 14.6 Å². The first-order valence-corrected chi connectivity index (χ1v) is 7.70. The van der Waals surface area contributed by atoms with Crippen molar-refractivity contribution in [1.82, 2.24) is 4.90 Å². The van der Waals surface area contributed by atoms with Gasteiger partial charge in [-0.25, -0.2) is 0 Å². The van der Waals surface area contributed by atoms with Gasteiger partial charge in [0.2, 0.25) is 0 Å². The Bertz CT molecular complexity index is 478. The average Bonchev–Trinajstić information content (AvgIpc) is 2.95. The van der Waals surface area contributed by atoms with Gasteiger partial charge in [-0.2, -0.15) is 0 Å². The minimum Gasteiger partial charge on any atom is -0.481 e. The molecule has 2 rings (SSSR count). The molecule has 2 unspecified atom stereocenters. The monoisotopic (exact) mass is 297 g/mol. The Morgan fingerprint density at radius 3 is 2.70 bits per heavy atom. The number of carboxylic acid groups (broad SMARTS) is 1. The zero-order valence-corrected chi connectivity index (χ0v) is 13.4. The second-order valence-corrected chi connectivity index (χ2v) is 7.65. The Kier molecular flexibility index (Phi) is 4.52. The van der Waals surface area contributed by atoms with Gasteiger partial charge in [-0.3, -0.25) is 9.69 Å². The van der Waals surface area contributed by atoms with Crippen molar-refractivity contribution in [2.24, 2.45) is 5.92 Å². The highest BCUT2D eigenvalue weighted by molar-refractivity contribution is 7.12. The third-order valence-electron chi connectivity index (χ3n) is 3.74. The van der Waals surface area contributed by atoms with Gasteiger partial charge in [0, 0.05) is 22.3 Å². The summed E-state index contributed by atoms with van der Waals surface area (Å²) >= 11 is 1.81. The Labute approximate surface area is 124 Å². The van der Waals surface area contributed by atoms with Gasteiger partial charge in [-0.05, 0) is 24.6 Å². The Morgan fingerprint density at radius 1 is 1.45 bits per heavy atom. The predicted molar refractivity (Wildman–Crippen MR) is 80.2 cm³/mol. The van der Waals surface area contributed by atoms with Gasteiger partial charge in [0.15, 0.2) is 0 Å². The maximum Gasteiger partial charge on any atom is 0.310 e. The van der Waals surface area contributed by atoms with Crippen molar-refractivity contribution in [1.29, 1.82) is 0 Å². The van der Waals surface area contributed by atoms with Gasteiger partial charge < -0.3 is 9.84 Å². The lowest BCUT2D eigenvalue weighted by Gasteiger charge is -2.25. The molecular formula is C15H23NO3S. The van der Waals surface area contributed by atoms with E-state index >= 15 is 0 Å². The quantitative estimate of drug-likeness (QED) is 0.928. The van der Waals surface area contributed by atoms with Crippen LogP contribution in [-0.4, -0.2) is 42.3 Å². The molecule has 1 fully saturated rings. The summed E-state index contributed by atoms with van der Waals surface area (Å²) in [7, 11) is 1.98. The van der Waals surface area contributed by atoms with Gasteiger partial charge in [-0.1, -0.05) is 20.8 Å². The molecule has 1 aliphatic rings. The summed E-state index contributed by atoms with van der Waals surface area (Å²) in [5.41, 5.74) is 0.168. The van der Waals surface area contributed by atoms with Crippen molar-refractivity contribution in [3.05, 3.63) is 21.9 Å². The van der Waals surface area contributed by atoms with Crippen LogP contribution in [0.5, 0.6) is 0 Å². The second-order valence-electron chi connectivity index (χ2n) is 6.48. The van der Waals surface area contributed by atoms with Gasteiger partial charge in [-0.15, -0.1) is 11.3 Å². The highest BCUT2D eigenvalue weighted by atomic mass is 32.1. The van der Waals surface area contributed by atoms with Crippen LogP contribution in [0.3, 0.4) is 0 Å². The van der Waals surface area contributed by atoms with Crippen LogP contribution >= 0.6 is 11.3 Å². The molecule has 1 aromatic heterocycles. The van der Waals surface area contributed by atoms with Crippen molar-refractivity contribution >= 4 is 17.3 Å². The first-order valence-electron chi connectivity index (χ1n) is 6.89. The Balaban J connectivity index is 2.02. The van der Waals surface area contributed by atoms with Crippen molar-refractivity contribution in [3.8, 4) is 0 Å². The van der Waals surface area contributed by atoms with E-state index in [-0.39, 0.29) is 11.5 Å². The van der Waals surface area contributed by atoms with Crippen LogP contribution in [0.25, 0.3) is 0 Å². The molecule has 1 saturated heterocycles. The number of carbonyl (C=O) groups is 1. The Hall–Kier alpha value is -0.910. The topological polar surface area (TPSA) is 49.8 Å². The maximum atomic E-state index is 11.2. The van der Waals surface area contributed by atoms with Crippen LogP contribution in [0, 0.1) is 5.92 Å². The SMILES string of the molecule is CN(Cc1ccc(C(C)(C)C)s1)C1COCC1C(=O)O. The van der Waals surface area contributed by atoms with E-state index in [4.69, 9.17) is 4.74 Å². The third-order valence-corrected chi connectivity index (χ3v) is 5.24. The molecule has 4 nitrogen and oxygen atoms in total. The molecule has 0 radical (unpaired) electrons. The lowest BCUT2D eigenvalue weighted by molar-refractivity contribution is -0.143. The van der Waals surface area contributed by atoms with Gasteiger partial charge in [0.25, 0.3) is 0 Å². The van der Waals surface area contributed by atoms with E-state index in [2.05, 4.69) is 37.8 Å². The zero-order chi connectivity index (χ0) is 14.9. The number of hydrogen-bond donors (Lipinski definition) is 1. The fraction of sp³-hybridized carbons (Fsp3) is 0.667. The smallest absolute Gasteiger partial charge is 0.310 e.